The summed E-state index contributed by atoms with van der Waals surface area (Å²) in [5.41, 5.74) is 6.45. The van der Waals surface area contributed by atoms with Gasteiger partial charge in [0.15, 0.2) is 0 Å². The summed E-state index contributed by atoms with van der Waals surface area (Å²) >= 11 is 0. The lowest BCUT2D eigenvalue weighted by Crippen LogP contribution is -2.60. The van der Waals surface area contributed by atoms with Gasteiger partial charge in [-0.05, 0) is 25.2 Å². The van der Waals surface area contributed by atoms with Crippen LogP contribution in [-0.4, -0.2) is 74.1 Å². The molecule has 0 aliphatic rings. The summed E-state index contributed by atoms with van der Waals surface area (Å²) in [6, 6.07) is -4.58. The smallest absolute Gasteiger partial charge is 0.326 e. The van der Waals surface area contributed by atoms with E-state index in [4.69, 9.17) is 5.73 Å². The lowest BCUT2D eigenvalue weighted by Gasteiger charge is -2.27. The van der Waals surface area contributed by atoms with Gasteiger partial charge in [0.1, 0.15) is 18.1 Å². The number of imidazole rings is 1. The van der Waals surface area contributed by atoms with Crippen LogP contribution in [0.3, 0.4) is 0 Å². The maximum absolute atomic E-state index is 13.0. The standard InChI is InChI=1S/C22H38N6O6/c1-6-12(4)17(23)20(31)28-18(13(5)29)21(32)26-15(8-14-9-24-10-25-14)19(30)27-16(22(33)34)7-11(2)3/h9-13,15-18,29H,6-8,23H2,1-5H3,(H,24,25)(H,26,32)(H,27,30)(H,28,31)(H,33,34). The second kappa shape index (κ2) is 13.7. The van der Waals surface area contributed by atoms with Gasteiger partial charge in [-0.1, -0.05) is 34.1 Å². The first-order chi connectivity index (χ1) is 15.9. The maximum atomic E-state index is 13.0. The SMILES string of the molecule is CCC(C)C(N)C(=O)NC(C(=O)NC(Cc1cnc[nH]1)C(=O)NC(CC(C)C)C(=O)O)C(C)O. The number of nitrogens with two attached hydrogens (primary N) is 1. The average Bonchev–Trinajstić information content (AvgIpc) is 3.27. The lowest BCUT2D eigenvalue weighted by molar-refractivity contribution is -0.143. The molecule has 0 fully saturated rings. The monoisotopic (exact) mass is 482 g/mol. The minimum absolute atomic E-state index is 0.00611. The van der Waals surface area contributed by atoms with Crippen LogP contribution in [-0.2, 0) is 25.6 Å². The minimum atomic E-state index is -1.37. The average molecular weight is 483 g/mol. The first-order valence-corrected chi connectivity index (χ1v) is 11.4. The van der Waals surface area contributed by atoms with E-state index in [-0.39, 0.29) is 24.7 Å². The van der Waals surface area contributed by atoms with Crippen molar-refractivity contribution in [1.29, 1.82) is 0 Å². The van der Waals surface area contributed by atoms with Crippen molar-refractivity contribution in [2.75, 3.05) is 0 Å². The molecule has 192 valence electrons. The van der Waals surface area contributed by atoms with Crippen LogP contribution < -0.4 is 21.7 Å². The quantitative estimate of drug-likeness (QED) is 0.180. The van der Waals surface area contributed by atoms with E-state index in [0.29, 0.717) is 12.1 Å². The predicted octanol–water partition coefficient (Wildman–Crippen LogP) is -0.708. The van der Waals surface area contributed by atoms with Crippen LogP contribution in [0.2, 0.25) is 0 Å². The minimum Gasteiger partial charge on any atom is -0.480 e. The maximum Gasteiger partial charge on any atom is 0.326 e. The number of nitrogens with one attached hydrogen (secondary N) is 4. The number of aromatic amines is 1. The Hall–Kier alpha value is -2.99. The molecule has 0 aromatic carbocycles. The number of hydrogen-bond donors (Lipinski definition) is 7. The molecule has 1 aromatic heterocycles. The molecule has 12 nitrogen and oxygen atoms in total. The van der Waals surface area contributed by atoms with E-state index in [1.807, 2.05) is 20.8 Å². The Balaban J connectivity index is 3.05. The van der Waals surface area contributed by atoms with Gasteiger partial charge < -0.3 is 36.9 Å². The van der Waals surface area contributed by atoms with E-state index in [0.717, 1.165) is 0 Å². The van der Waals surface area contributed by atoms with Crippen LogP contribution in [0, 0.1) is 11.8 Å². The van der Waals surface area contributed by atoms with Crippen LogP contribution in [0.5, 0.6) is 0 Å². The van der Waals surface area contributed by atoms with E-state index in [1.165, 1.54) is 19.4 Å². The molecule has 6 unspecified atom stereocenters. The Morgan fingerprint density at radius 1 is 1.03 bits per heavy atom. The number of rotatable bonds is 14. The van der Waals surface area contributed by atoms with Crippen molar-refractivity contribution in [2.45, 2.75) is 84.2 Å². The zero-order chi connectivity index (χ0) is 26.0. The summed E-state index contributed by atoms with van der Waals surface area (Å²) in [5, 5.41) is 27.0. The number of aliphatic carboxylic acids is 1. The number of nitrogens with zero attached hydrogens (tertiary/aromatic N) is 1. The van der Waals surface area contributed by atoms with Crippen LogP contribution in [0.15, 0.2) is 12.5 Å². The lowest BCUT2D eigenvalue weighted by atomic mass is 9.98. The summed E-state index contributed by atoms with van der Waals surface area (Å²) in [5.74, 6) is -3.47. The third-order valence-electron chi connectivity index (χ3n) is 5.56. The highest BCUT2D eigenvalue weighted by atomic mass is 16.4. The zero-order valence-electron chi connectivity index (χ0n) is 20.4. The molecule has 0 saturated heterocycles. The number of carbonyl (C=O) groups excluding carboxylic acids is 3. The summed E-state index contributed by atoms with van der Waals surface area (Å²) in [6.45, 7) is 8.64. The van der Waals surface area contributed by atoms with E-state index in [1.54, 1.807) is 6.92 Å². The van der Waals surface area contributed by atoms with Gasteiger partial charge in [-0.3, -0.25) is 14.4 Å². The summed E-state index contributed by atoms with van der Waals surface area (Å²) in [4.78, 5) is 56.7. The molecule has 0 bridgehead atoms. The second-order valence-corrected chi connectivity index (χ2v) is 9.01. The van der Waals surface area contributed by atoms with Gasteiger partial charge in [0.25, 0.3) is 0 Å². The van der Waals surface area contributed by atoms with Gasteiger partial charge in [0.2, 0.25) is 17.7 Å². The highest BCUT2D eigenvalue weighted by molar-refractivity contribution is 5.94. The zero-order valence-corrected chi connectivity index (χ0v) is 20.4. The topological polar surface area (TPSA) is 200 Å². The number of aliphatic hydroxyl groups is 1. The van der Waals surface area contributed by atoms with Gasteiger partial charge in [0.05, 0.1) is 18.5 Å². The van der Waals surface area contributed by atoms with Gasteiger partial charge in [-0.25, -0.2) is 9.78 Å². The number of H-pyrrole nitrogens is 1. The summed E-state index contributed by atoms with van der Waals surface area (Å²) in [6.07, 6.45) is 2.42. The molecule has 12 heteroatoms. The predicted molar refractivity (Wildman–Crippen MR) is 124 cm³/mol. The van der Waals surface area contributed by atoms with Crippen LogP contribution in [0.25, 0.3) is 0 Å². The number of hydrogen-bond acceptors (Lipinski definition) is 7. The normalized spacial score (nSPS) is 16.6. The molecule has 0 saturated carbocycles. The van der Waals surface area contributed by atoms with E-state index in [9.17, 15) is 29.4 Å². The number of carboxylic acid groups (broad SMARTS) is 1. The van der Waals surface area contributed by atoms with Gasteiger partial charge >= 0.3 is 5.97 Å². The Bertz CT molecular complexity index is 813. The number of aromatic nitrogens is 2. The Morgan fingerprint density at radius 3 is 2.12 bits per heavy atom. The van der Waals surface area contributed by atoms with Crippen molar-refractivity contribution in [3.63, 3.8) is 0 Å². The molecule has 0 radical (unpaired) electrons. The van der Waals surface area contributed by atoms with Crippen LogP contribution in [0.4, 0.5) is 0 Å². The molecule has 1 heterocycles. The molecule has 6 atom stereocenters. The number of amides is 3. The third kappa shape index (κ3) is 9.10. The molecule has 0 aliphatic heterocycles. The van der Waals surface area contributed by atoms with Gasteiger partial charge in [-0.2, -0.15) is 0 Å². The Kier molecular flexibility index (Phi) is 11.7. The van der Waals surface area contributed by atoms with Crippen molar-refractivity contribution in [1.82, 2.24) is 25.9 Å². The largest absolute Gasteiger partial charge is 0.480 e. The molecule has 8 N–H and O–H groups in total. The van der Waals surface area contributed by atoms with Crippen molar-refractivity contribution < 1.29 is 29.4 Å². The molecular weight excluding hydrogens is 444 g/mol. The van der Waals surface area contributed by atoms with Crippen molar-refractivity contribution in [3.8, 4) is 0 Å². The third-order valence-corrected chi connectivity index (χ3v) is 5.56. The molecular formula is C22H38N6O6. The highest BCUT2D eigenvalue weighted by Crippen LogP contribution is 2.09. The van der Waals surface area contributed by atoms with Crippen molar-refractivity contribution >= 4 is 23.7 Å². The molecule has 0 spiro atoms. The van der Waals surface area contributed by atoms with Gasteiger partial charge in [-0.15, -0.1) is 0 Å². The molecule has 1 rings (SSSR count). The number of aliphatic hydroxyl groups excluding tert-OH is 1. The fourth-order valence-electron chi connectivity index (χ4n) is 3.22. The molecule has 0 aliphatic carbocycles. The fourth-order valence-corrected chi connectivity index (χ4v) is 3.22. The summed E-state index contributed by atoms with van der Waals surface area (Å²) in [7, 11) is 0. The first-order valence-electron chi connectivity index (χ1n) is 11.4. The molecule has 34 heavy (non-hydrogen) atoms. The first kappa shape index (κ1) is 29.0. The Morgan fingerprint density at radius 2 is 1.65 bits per heavy atom. The van der Waals surface area contributed by atoms with Crippen molar-refractivity contribution in [3.05, 3.63) is 18.2 Å². The van der Waals surface area contributed by atoms with E-state index >= 15 is 0 Å². The number of carbonyl (C=O) groups is 4. The second-order valence-electron chi connectivity index (χ2n) is 9.01. The van der Waals surface area contributed by atoms with E-state index in [2.05, 4.69) is 25.9 Å². The van der Waals surface area contributed by atoms with Gasteiger partial charge in [0, 0.05) is 18.3 Å². The summed E-state index contributed by atoms with van der Waals surface area (Å²) < 4.78 is 0. The van der Waals surface area contributed by atoms with E-state index < -0.39 is 54.0 Å². The number of carboxylic acids is 1. The Labute approximate surface area is 199 Å². The highest BCUT2D eigenvalue weighted by Gasteiger charge is 2.33. The molecule has 1 aromatic rings. The fraction of sp³-hybridized carbons (Fsp3) is 0.682. The van der Waals surface area contributed by atoms with Crippen molar-refractivity contribution in [2.24, 2.45) is 17.6 Å². The molecule has 3 amide bonds. The van der Waals surface area contributed by atoms with Crippen LogP contribution in [0.1, 0.15) is 53.2 Å². The van der Waals surface area contributed by atoms with Crippen LogP contribution >= 0.6 is 0 Å².